The van der Waals surface area contributed by atoms with Crippen LogP contribution in [0.4, 0.5) is 5.69 Å². The molecular formula is C19H21N3O2S2. The fourth-order valence-electron chi connectivity index (χ4n) is 3.62. The summed E-state index contributed by atoms with van der Waals surface area (Å²) in [5.41, 5.74) is 4.36. The minimum absolute atomic E-state index is 0.0948. The number of thiazole rings is 1. The zero-order valence-corrected chi connectivity index (χ0v) is 16.9. The fraction of sp³-hybridized carbons (Fsp3) is 0.316. The smallest absolute Gasteiger partial charge is 0.266 e. The summed E-state index contributed by atoms with van der Waals surface area (Å²) in [5, 5.41) is 2.81. The third kappa shape index (κ3) is 2.49. The lowest BCUT2D eigenvalue weighted by molar-refractivity contribution is 0.583. The molecule has 1 aliphatic heterocycles. The van der Waals surface area contributed by atoms with Gasteiger partial charge in [-0.05, 0) is 44.9 Å². The summed E-state index contributed by atoms with van der Waals surface area (Å²) in [7, 11) is -1.75. The molecule has 136 valence electrons. The van der Waals surface area contributed by atoms with E-state index in [9.17, 15) is 8.42 Å². The van der Waals surface area contributed by atoms with Crippen molar-refractivity contribution in [1.82, 2.24) is 9.55 Å². The van der Waals surface area contributed by atoms with E-state index >= 15 is 0 Å². The van der Waals surface area contributed by atoms with Crippen LogP contribution in [-0.4, -0.2) is 24.0 Å². The molecule has 0 bridgehead atoms. The molecule has 0 N–H and O–H groups in total. The Morgan fingerprint density at radius 1 is 1.23 bits per heavy atom. The van der Waals surface area contributed by atoms with Gasteiger partial charge in [-0.25, -0.2) is 13.4 Å². The molecule has 0 unspecified atom stereocenters. The van der Waals surface area contributed by atoms with Gasteiger partial charge in [-0.2, -0.15) is 0 Å². The highest BCUT2D eigenvalue weighted by Gasteiger charge is 2.37. The maximum atomic E-state index is 13.5. The summed E-state index contributed by atoms with van der Waals surface area (Å²) in [4.78, 5) is 4.87. The third-order valence-electron chi connectivity index (χ3n) is 5.01. The second-order valence-corrected chi connectivity index (χ2v) is 9.46. The van der Waals surface area contributed by atoms with Crippen molar-refractivity contribution >= 4 is 27.0 Å². The SMILES string of the molecule is Cc1csc(-c2cc(S(=O)(=O)N3c4ccccc4C[C@@H]3C)c(C)n2C)n1. The first kappa shape index (κ1) is 17.3. The molecule has 7 heteroatoms. The molecule has 2 aromatic heterocycles. The first-order valence-electron chi connectivity index (χ1n) is 8.52. The van der Waals surface area contributed by atoms with E-state index in [-0.39, 0.29) is 6.04 Å². The first-order valence-corrected chi connectivity index (χ1v) is 10.8. The number of hydrogen-bond donors (Lipinski definition) is 0. The third-order valence-corrected chi connectivity index (χ3v) is 8.03. The van der Waals surface area contributed by atoms with Crippen molar-refractivity contribution in [3.05, 3.63) is 52.7 Å². The summed E-state index contributed by atoms with van der Waals surface area (Å²) >= 11 is 1.53. The van der Waals surface area contributed by atoms with Crippen LogP contribution in [0.2, 0.25) is 0 Å². The molecule has 3 aromatic rings. The van der Waals surface area contributed by atoms with Gasteiger partial charge in [0.1, 0.15) is 9.90 Å². The van der Waals surface area contributed by atoms with Crippen LogP contribution in [0.1, 0.15) is 23.9 Å². The number of sulfonamides is 1. The predicted molar refractivity (Wildman–Crippen MR) is 105 cm³/mol. The second-order valence-electron chi connectivity index (χ2n) is 6.82. The summed E-state index contributed by atoms with van der Waals surface area (Å²) in [6.45, 7) is 5.75. The maximum absolute atomic E-state index is 13.5. The number of fused-ring (bicyclic) bond motifs is 1. The molecule has 0 fully saturated rings. The van der Waals surface area contributed by atoms with E-state index < -0.39 is 10.0 Å². The van der Waals surface area contributed by atoms with Gasteiger partial charge in [0, 0.05) is 29.9 Å². The lowest BCUT2D eigenvalue weighted by atomic mass is 10.1. The van der Waals surface area contributed by atoms with Gasteiger partial charge in [0.15, 0.2) is 0 Å². The highest BCUT2D eigenvalue weighted by atomic mass is 32.2. The first-order chi connectivity index (χ1) is 12.3. The Morgan fingerprint density at radius 3 is 2.65 bits per heavy atom. The molecule has 0 radical (unpaired) electrons. The number of aromatic nitrogens is 2. The lowest BCUT2D eigenvalue weighted by Crippen LogP contribution is -2.35. The summed E-state index contributed by atoms with van der Waals surface area (Å²) in [6, 6.07) is 9.40. The predicted octanol–water partition coefficient (Wildman–Crippen LogP) is 3.91. The minimum atomic E-state index is -3.65. The summed E-state index contributed by atoms with van der Waals surface area (Å²) in [6.07, 6.45) is 0.736. The lowest BCUT2D eigenvalue weighted by Gasteiger charge is -2.24. The van der Waals surface area contributed by atoms with E-state index in [1.807, 2.05) is 62.0 Å². The fourth-order valence-corrected chi connectivity index (χ4v) is 6.44. The number of para-hydroxylation sites is 1. The number of anilines is 1. The average molecular weight is 388 g/mol. The van der Waals surface area contributed by atoms with Gasteiger partial charge in [-0.15, -0.1) is 11.3 Å². The van der Waals surface area contributed by atoms with Crippen LogP contribution in [0.5, 0.6) is 0 Å². The van der Waals surface area contributed by atoms with E-state index in [2.05, 4.69) is 4.98 Å². The second kappa shape index (κ2) is 5.96. The van der Waals surface area contributed by atoms with Gasteiger partial charge in [0.25, 0.3) is 10.0 Å². The molecule has 0 saturated heterocycles. The molecule has 26 heavy (non-hydrogen) atoms. The summed E-state index contributed by atoms with van der Waals surface area (Å²) in [5.74, 6) is 0. The number of hydrogen-bond acceptors (Lipinski definition) is 4. The average Bonchev–Trinajstić information content (AvgIpc) is 3.24. The van der Waals surface area contributed by atoms with Crippen LogP contribution in [-0.2, 0) is 23.5 Å². The van der Waals surface area contributed by atoms with Crippen molar-refractivity contribution in [2.75, 3.05) is 4.31 Å². The molecule has 4 rings (SSSR count). The van der Waals surface area contributed by atoms with Gasteiger partial charge < -0.3 is 4.57 Å². The molecule has 1 aromatic carbocycles. The van der Waals surface area contributed by atoms with Crippen molar-refractivity contribution in [3.8, 4) is 10.7 Å². The van der Waals surface area contributed by atoms with Gasteiger partial charge in [0.2, 0.25) is 0 Å². The number of benzene rings is 1. The van der Waals surface area contributed by atoms with Crippen molar-refractivity contribution in [2.45, 2.75) is 38.1 Å². The molecule has 0 amide bonds. The molecule has 5 nitrogen and oxygen atoms in total. The maximum Gasteiger partial charge on any atom is 0.266 e. The van der Waals surface area contributed by atoms with Crippen molar-refractivity contribution in [2.24, 2.45) is 7.05 Å². The Hall–Kier alpha value is -2.12. The highest BCUT2D eigenvalue weighted by Crippen LogP contribution is 2.39. The molecule has 1 aliphatic rings. The van der Waals surface area contributed by atoms with Crippen LogP contribution < -0.4 is 4.31 Å². The minimum Gasteiger partial charge on any atom is -0.345 e. The Bertz CT molecular complexity index is 1100. The highest BCUT2D eigenvalue weighted by molar-refractivity contribution is 7.93. The number of nitrogens with zero attached hydrogens (tertiary/aromatic N) is 3. The van der Waals surface area contributed by atoms with E-state index in [0.717, 1.165) is 39.8 Å². The van der Waals surface area contributed by atoms with Gasteiger partial charge in [-0.1, -0.05) is 18.2 Å². The Balaban J connectivity index is 1.85. The van der Waals surface area contributed by atoms with Gasteiger partial charge in [0.05, 0.1) is 11.4 Å². The Kier molecular flexibility index (Phi) is 3.96. The van der Waals surface area contributed by atoms with Crippen molar-refractivity contribution < 1.29 is 8.42 Å². The Labute approximate surface area is 158 Å². The van der Waals surface area contributed by atoms with Crippen molar-refractivity contribution in [1.29, 1.82) is 0 Å². The van der Waals surface area contributed by atoms with E-state index in [0.29, 0.717) is 4.90 Å². The van der Waals surface area contributed by atoms with Crippen molar-refractivity contribution in [3.63, 3.8) is 0 Å². The molecule has 0 spiro atoms. The zero-order chi connectivity index (χ0) is 18.6. The topological polar surface area (TPSA) is 55.2 Å². The molecule has 0 saturated carbocycles. The molecule has 3 heterocycles. The van der Waals surface area contributed by atoms with Gasteiger partial charge >= 0.3 is 0 Å². The van der Waals surface area contributed by atoms with E-state index in [1.165, 1.54) is 11.3 Å². The Morgan fingerprint density at radius 2 is 1.96 bits per heavy atom. The molecule has 0 aliphatic carbocycles. The molecular weight excluding hydrogens is 366 g/mol. The monoisotopic (exact) mass is 387 g/mol. The quantitative estimate of drug-likeness (QED) is 0.685. The van der Waals surface area contributed by atoms with E-state index in [4.69, 9.17) is 0 Å². The van der Waals surface area contributed by atoms with Gasteiger partial charge in [-0.3, -0.25) is 4.31 Å². The molecule has 1 atom stereocenters. The van der Waals surface area contributed by atoms with Crippen LogP contribution >= 0.6 is 11.3 Å². The van der Waals surface area contributed by atoms with Crippen LogP contribution in [0.15, 0.2) is 40.6 Å². The normalized spacial score (nSPS) is 16.9. The number of aryl methyl sites for hydroxylation is 1. The number of rotatable bonds is 3. The van der Waals surface area contributed by atoms with Crippen LogP contribution in [0.3, 0.4) is 0 Å². The summed E-state index contributed by atoms with van der Waals surface area (Å²) < 4.78 is 30.5. The standard InChI is InChI=1S/C19H21N3O2S2/c1-12-11-25-19(20-12)17-10-18(14(3)21(17)4)26(23,24)22-13(2)9-15-7-5-6-8-16(15)22/h5-8,10-11,13H,9H2,1-4H3/t13-/m0/s1. The van der Waals surface area contributed by atoms with E-state index in [1.54, 1.807) is 10.4 Å². The largest absolute Gasteiger partial charge is 0.345 e. The zero-order valence-electron chi connectivity index (χ0n) is 15.2. The van der Waals surface area contributed by atoms with Crippen LogP contribution in [0, 0.1) is 13.8 Å². The van der Waals surface area contributed by atoms with Crippen LogP contribution in [0.25, 0.3) is 10.7 Å².